The number of fused-ring (bicyclic) bond motifs is 1. The summed E-state index contributed by atoms with van der Waals surface area (Å²) in [6.45, 7) is 3.92. The second kappa shape index (κ2) is 5.45. The smallest absolute Gasteiger partial charge is 0.207 e. The van der Waals surface area contributed by atoms with Crippen LogP contribution in [0.3, 0.4) is 0 Å². The Kier molecular flexibility index (Phi) is 3.75. The van der Waals surface area contributed by atoms with E-state index in [-0.39, 0.29) is 22.4 Å². The Labute approximate surface area is 125 Å². The largest absolute Gasteiger partial charge is 0.371 e. The van der Waals surface area contributed by atoms with Crippen LogP contribution in [0.1, 0.15) is 32.1 Å². The number of halogens is 2. The Bertz CT molecular complexity index is 696. The van der Waals surface area contributed by atoms with E-state index in [1.807, 2.05) is 0 Å². The molecule has 1 aromatic carbocycles. The molecule has 2 heterocycles. The molecule has 2 N–H and O–H groups in total. The molecule has 1 aliphatic rings. The molecule has 0 saturated carbocycles. The molecule has 8 heteroatoms. The van der Waals surface area contributed by atoms with Crippen molar-refractivity contribution in [3.05, 3.63) is 23.3 Å². The van der Waals surface area contributed by atoms with Crippen molar-refractivity contribution < 1.29 is 27.9 Å². The van der Waals surface area contributed by atoms with Crippen molar-refractivity contribution >= 4 is 16.8 Å². The first kappa shape index (κ1) is 15.1. The SMILES string of the molecule is CC[C@](C)(O)Nc1noc2c(F)c(F)c(C3OCCO3)cc12. The number of nitrogens with one attached hydrogen (secondary N) is 1. The number of ether oxygens (including phenoxy) is 2. The number of anilines is 1. The van der Waals surface area contributed by atoms with E-state index in [9.17, 15) is 13.9 Å². The third-order valence-electron chi connectivity index (χ3n) is 3.63. The van der Waals surface area contributed by atoms with Gasteiger partial charge in [0.1, 0.15) is 5.72 Å². The molecule has 0 aliphatic carbocycles. The van der Waals surface area contributed by atoms with Gasteiger partial charge in [-0.3, -0.25) is 0 Å². The van der Waals surface area contributed by atoms with Crippen LogP contribution in [0.5, 0.6) is 0 Å². The standard InChI is InChI=1S/C14H16F2N2O4/c1-3-14(2,19)17-12-8-6-7(13-20-4-5-21-13)9(15)10(16)11(8)22-18-12/h6,13,19H,3-5H2,1-2H3,(H,17,18)/t14-/m0/s1. The first-order chi connectivity index (χ1) is 10.4. The fourth-order valence-electron chi connectivity index (χ4n) is 2.18. The zero-order chi connectivity index (χ0) is 15.9. The molecule has 1 saturated heterocycles. The highest BCUT2D eigenvalue weighted by atomic mass is 19.2. The van der Waals surface area contributed by atoms with Gasteiger partial charge < -0.3 is 24.4 Å². The summed E-state index contributed by atoms with van der Waals surface area (Å²) >= 11 is 0. The van der Waals surface area contributed by atoms with Gasteiger partial charge in [0.25, 0.3) is 0 Å². The minimum absolute atomic E-state index is 0.0649. The van der Waals surface area contributed by atoms with Gasteiger partial charge in [-0.25, -0.2) is 4.39 Å². The normalized spacial score (nSPS) is 18.8. The Morgan fingerprint density at radius 1 is 1.36 bits per heavy atom. The first-order valence-electron chi connectivity index (χ1n) is 6.94. The molecule has 1 aromatic heterocycles. The minimum Gasteiger partial charge on any atom is -0.371 e. The summed E-state index contributed by atoms with van der Waals surface area (Å²) in [5.41, 5.74) is -1.65. The number of rotatable bonds is 4. The third-order valence-corrected chi connectivity index (χ3v) is 3.63. The third kappa shape index (κ3) is 2.53. The Hall–Kier alpha value is -1.77. The lowest BCUT2D eigenvalue weighted by atomic mass is 10.1. The van der Waals surface area contributed by atoms with Crippen LogP contribution < -0.4 is 5.32 Å². The summed E-state index contributed by atoms with van der Waals surface area (Å²) in [6, 6.07) is 1.36. The Morgan fingerprint density at radius 3 is 2.68 bits per heavy atom. The molecule has 1 atom stereocenters. The number of aromatic nitrogens is 1. The lowest BCUT2D eigenvalue weighted by Gasteiger charge is -2.22. The molecular weight excluding hydrogens is 298 g/mol. The molecular formula is C14H16F2N2O4. The molecule has 0 bridgehead atoms. The zero-order valence-corrected chi connectivity index (χ0v) is 12.2. The predicted octanol–water partition coefficient (Wildman–Crippen LogP) is 2.68. The van der Waals surface area contributed by atoms with Gasteiger partial charge in [0.15, 0.2) is 17.9 Å². The molecule has 0 amide bonds. The lowest BCUT2D eigenvalue weighted by molar-refractivity contribution is -0.0467. The zero-order valence-electron chi connectivity index (χ0n) is 12.2. The van der Waals surface area contributed by atoms with E-state index in [1.54, 1.807) is 6.92 Å². The van der Waals surface area contributed by atoms with Crippen LogP contribution in [0.15, 0.2) is 10.6 Å². The van der Waals surface area contributed by atoms with Crippen LogP contribution >= 0.6 is 0 Å². The van der Waals surface area contributed by atoms with Crippen LogP contribution in [-0.2, 0) is 9.47 Å². The second-order valence-electron chi connectivity index (χ2n) is 5.33. The summed E-state index contributed by atoms with van der Waals surface area (Å²) in [7, 11) is 0. The van der Waals surface area contributed by atoms with Gasteiger partial charge in [0.05, 0.1) is 18.6 Å². The predicted molar refractivity (Wildman–Crippen MR) is 73.1 cm³/mol. The van der Waals surface area contributed by atoms with Crippen molar-refractivity contribution in [2.24, 2.45) is 0 Å². The van der Waals surface area contributed by atoms with E-state index in [1.165, 1.54) is 13.0 Å². The van der Waals surface area contributed by atoms with Gasteiger partial charge in [-0.15, -0.1) is 0 Å². The van der Waals surface area contributed by atoms with Crippen LogP contribution in [0.2, 0.25) is 0 Å². The van der Waals surface area contributed by atoms with Crippen LogP contribution in [-0.4, -0.2) is 29.2 Å². The highest BCUT2D eigenvalue weighted by Gasteiger charge is 2.29. The van der Waals surface area contributed by atoms with Crippen LogP contribution in [0, 0.1) is 11.6 Å². The molecule has 1 aliphatic heterocycles. The summed E-state index contributed by atoms with van der Waals surface area (Å²) < 4.78 is 43.5. The number of hydrogen-bond donors (Lipinski definition) is 2. The molecule has 0 spiro atoms. The molecule has 22 heavy (non-hydrogen) atoms. The van der Waals surface area contributed by atoms with Gasteiger partial charge in [-0.2, -0.15) is 4.39 Å². The first-order valence-corrected chi connectivity index (χ1v) is 6.94. The molecule has 2 aromatic rings. The fraction of sp³-hybridized carbons (Fsp3) is 0.500. The molecule has 6 nitrogen and oxygen atoms in total. The second-order valence-corrected chi connectivity index (χ2v) is 5.33. The molecule has 120 valence electrons. The molecule has 3 rings (SSSR count). The minimum atomic E-state index is -1.25. The number of nitrogens with zero attached hydrogens (tertiary/aromatic N) is 1. The number of benzene rings is 1. The van der Waals surface area contributed by atoms with Crippen molar-refractivity contribution in [1.82, 2.24) is 5.16 Å². The lowest BCUT2D eigenvalue weighted by Crippen LogP contribution is -2.33. The van der Waals surface area contributed by atoms with Gasteiger partial charge >= 0.3 is 0 Å². The average Bonchev–Trinajstić information content (AvgIpc) is 3.12. The maximum atomic E-state index is 14.1. The monoisotopic (exact) mass is 314 g/mol. The van der Waals surface area contributed by atoms with E-state index in [0.717, 1.165) is 0 Å². The average molecular weight is 314 g/mol. The molecule has 0 radical (unpaired) electrons. The molecule has 1 fully saturated rings. The van der Waals surface area contributed by atoms with Crippen molar-refractivity contribution in [3.63, 3.8) is 0 Å². The Balaban J connectivity index is 2.09. The Morgan fingerprint density at radius 2 is 2.05 bits per heavy atom. The maximum absolute atomic E-state index is 14.1. The number of hydrogen-bond acceptors (Lipinski definition) is 6. The topological polar surface area (TPSA) is 76.8 Å². The van der Waals surface area contributed by atoms with Gasteiger partial charge in [-0.05, 0) is 19.4 Å². The van der Waals surface area contributed by atoms with Gasteiger partial charge in [0.2, 0.25) is 11.4 Å². The summed E-state index contributed by atoms with van der Waals surface area (Å²) in [5.74, 6) is -2.13. The van der Waals surface area contributed by atoms with Gasteiger partial charge in [-0.1, -0.05) is 12.1 Å². The highest BCUT2D eigenvalue weighted by molar-refractivity contribution is 5.89. The van der Waals surface area contributed by atoms with Crippen molar-refractivity contribution in [2.75, 3.05) is 18.5 Å². The summed E-state index contributed by atoms with van der Waals surface area (Å²) in [5, 5.41) is 16.7. The van der Waals surface area contributed by atoms with Crippen LogP contribution in [0.25, 0.3) is 11.0 Å². The van der Waals surface area contributed by atoms with Crippen molar-refractivity contribution in [3.8, 4) is 0 Å². The van der Waals surface area contributed by atoms with E-state index in [2.05, 4.69) is 10.5 Å². The van der Waals surface area contributed by atoms with Crippen LogP contribution in [0.4, 0.5) is 14.6 Å². The van der Waals surface area contributed by atoms with Crippen molar-refractivity contribution in [1.29, 1.82) is 0 Å². The quantitative estimate of drug-likeness (QED) is 0.845. The highest BCUT2D eigenvalue weighted by Crippen LogP contribution is 2.35. The van der Waals surface area contributed by atoms with E-state index < -0.39 is 23.6 Å². The molecule has 0 unspecified atom stereocenters. The number of aliphatic hydroxyl groups is 1. The van der Waals surface area contributed by atoms with E-state index >= 15 is 0 Å². The van der Waals surface area contributed by atoms with Crippen molar-refractivity contribution in [2.45, 2.75) is 32.3 Å². The fourth-order valence-corrected chi connectivity index (χ4v) is 2.18. The van der Waals surface area contributed by atoms with Gasteiger partial charge in [0, 0.05) is 5.56 Å². The van der Waals surface area contributed by atoms with E-state index in [4.69, 9.17) is 14.0 Å². The maximum Gasteiger partial charge on any atom is 0.207 e. The van der Waals surface area contributed by atoms with E-state index in [0.29, 0.717) is 19.6 Å². The summed E-state index contributed by atoms with van der Waals surface area (Å²) in [6.07, 6.45) is -0.583. The summed E-state index contributed by atoms with van der Waals surface area (Å²) in [4.78, 5) is 0.